The molecule has 0 saturated heterocycles. The van der Waals surface area contributed by atoms with Crippen molar-refractivity contribution in [2.75, 3.05) is 0 Å². The monoisotopic (exact) mass is 142 g/mol. The molecule has 0 aliphatic heterocycles. The summed E-state index contributed by atoms with van der Waals surface area (Å²) in [6.07, 6.45) is 0. The Labute approximate surface area is 59.9 Å². The zero-order chi connectivity index (χ0) is 7.72. The maximum Gasteiger partial charge on any atom is 0.278 e. The molecule has 1 heterocycles. The Morgan fingerprint density at radius 2 is 2.10 bits per heavy atom. The molecule has 0 aliphatic rings. The van der Waals surface area contributed by atoms with Gasteiger partial charge in [0.1, 0.15) is 5.76 Å². The molecule has 1 aromatic heterocycles. The van der Waals surface area contributed by atoms with E-state index in [-0.39, 0.29) is 5.92 Å². The van der Waals surface area contributed by atoms with Crippen molar-refractivity contribution in [1.82, 2.24) is 0 Å². The Morgan fingerprint density at radius 1 is 1.50 bits per heavy atom. The van der Waals surface area contributed by atoms with E-state index in [0.717, 1.165) is 11.3 Å². The lowest BCUT2D eigenvalue weighted by Gasteiger charge is -1.99. The van der Waals surface area contributed by atoms with Crippen LogP contribution in [-0.2, 0) is 0 Å². The quantitative estimate of drug-likeness (QED) is 0.587. The molecule has 1 nitrogen and oxygen atoms in total. The third-order valence-electron chi connectivity index (χ3n) is 1.45. The first kappa shape index (κ1) is 7.32. The predicted molar refractivity (Wildman–Crippen MR) is 37.5 cm³/mol. The predicted octanol–water partition coefficient (Wildman–Crippen LogP) is 2.85. The summed E-state index contributed by atoms with van der Waals surface area (Å²) < 4.78 is 17.2. The number of halogens is 1. The minimum absolute atomic E-state index is 0.268. The van der Waals surface area contributed by atoms with Crippen LogP contribution in [0.2, 0.25) is 0 Å². The van der Waals surface area contributed by atoms with Crippen molar-refractivity contribution < 1.29 is 8.81 Å². The van der Waals surface area contributed by atoms with E-state index >= 15 is 0 Å². The van der Waals surface area contributed by atoms with E-state index in [1.165, 1.54) is 6.07 Å². The number of hydrogen-bond donors (Lipinski definition) is 0. The molecule has 0 spiro atoms. The molecule has 56 valence electrons. The van der Waals surface area contributed by atoms with Gasteiger partial charge in [0.15, 0.2) is 0 Å². The molecule has 2 heteroatoms. The molecule has 10 heavy (non-hydrogen) atoms. The number of furan rings is 1. The number of hydrogen-bond acceptors (Lipinski definition) is 1. The molecule has 0 aromatic carbocycles. The summed E-state index contributed by atoms with van der Waals surface area (Å²) >= 11 is 0. The Morgan fingerprint density at radius 3 is 2.30 bits per heavy atom. The molecule has 0 saturated carbocycles. The third kappa shape index (κ3) is 1.20. The van der Waals surface area contributed by atoms with Gasteiger partial charge in [0.2, 0.25) is 0 Å². The van der Waals surface area contributed by atoms with Crippen LogP contribution < -0.4 is 0 Å². The second-order valence-electron chi connectivity index (χ2n) is 2.75. The van der Waals surface area contributed by atoms with Crippen LogP contribution in [0.3, 0.4) is 0 Å². The van der Waals surface area contributed by atoms with E-state index in [4.69, 9.17) is 4.42 Å². The molecule has 1 aromatic rings. The molecule has 0 fully saturated rings. The maximum absolute atomic E-state index is 12.4. The highest BCUT2D eigenvalue weighted by molar-refractivity contribution is 5.18. The fraction of sp³-hybridized carbons (Fsp3) is 0.500. The van der Waals surface area contributed by atoms with Crippen LogP contribution >= 0.6 is 0 Å². The molecule has 0 atom stereocenters. The largest absolute Gasteiger partial charge is 0.436 e. The molecule has 0 amide bonds. The van der Waals surface area contributed by atoms with Gasteiger partial charge in [-0.3, -0.25) is 0 Å². The molecule has 1 rings (SSSR count). The summed E-state index contributed by atoms with van der Waals surface area (Å²) in [6.45, 7) is 5.80. The Balaban J connectivity index is 3.03. The Kier molecular flexibility index (Phi) is 1.79. The highest BCUT2D eigenvalue weighted by Gasteiger charge is 2.09. The van der Waals surface area contributed by atoms with Gasteiger partial charge in [0.05, 0.1) is 0 Å². The Hall–Kier alpha value is -0.790. The number of rotatable bonds is 1. The lowest BCUT2D eigenvalue weighted by atomic mass is 10.1. The molecular formula is C8H11FO. The molecule has 0 N–H and O–H groups in total. The lowest BCUT2D eigenvalue weighted by Crippen LogP contribution is -1.84. The van der Waals surface area contributed by atoms with Crippen LogP contribution in [0.15, 0.2) is 10.5 Å². The van der Waals surface area contributed by atoms with Gasteiger partial charge in [-0.15, -0.1) is 0 Å². The minimum atomic E-state index is -0.485. The van der Waals surface area contributed by atoms with Crippen molar-refractivity contribution in [1.29, 1.82) is 0 Å². The van der Waals surface area contributed by atoms with Gasteiger partial charge in [-0.2, -0.15) is 4.39 Å². The second-order valence-corrected chi connectivity index (χ2v) is 2.75. The summed E-state index contributed by atoms with van der Waals surface area (Å²) in [7, 11) is 0. The van der Waals surface area contributed by atoms with Gasteiger partial charge in [-0.05, 0) is 12.5 Å². The zero-order valence-corrected chi connectivity index (χ0v) is 6.44. The van der Waals surface area contributed by atoms with E-state index in [9.17, 15) is 4.39 Å². The van der Waals surface area contributed by atoms with Crippen LogP contribution in [0.4, 0.5) is 4.39 Å². The minimum Gasteiger partial charge on any atom is -0.436 e. The first-order valence-corrected chi connectivity index (χ1v) is 3.37. The van der Waals surface area contributed by atoms with Gasteiger partial charge < -0.3 is 4.42 Å². The van der Waals surface area contributed by atoms with Crippen molar-refractivity contribution in [3.8, 4) is 0 Å². The third-order valence-corrected chi connectivity index (χ3v) is 1.45. The van der Waals surface area contributed by atoms with E-state index < -0.39 is 6.01 Å². The van der Waals surface area contributed by atoms with E-state index in [1.54, 1.807) is 0 Å². The SMILES string of the molecule is Cc1cc(F)oc1C(C)C. The van der Waals surface area contributed by atoms with Crippen molar-refractivity contribution >= 4 is 0 Å². The normalized spacial score (nSPS) is 10.9. The van der Waals surface area contributed by atoms with E-state index in [1.807, 2.05) is 20.8 Å². The van der Waals surface area contributed by atoms with Crippen LogP contribution in [0, 0.1) is 12.9 Å². The molecule has 0 radical (unpaired) electrons. The average Bonchev–Trinajstić information content (AvgIpc) is 2.10. The smallest absolute Gasteiger partial charge is 0.278 e. The lowest BCUT2D eigenvalue weighted by molar-refractivity contribution is 0.329. The van der Waals surface area contributed by atoms with E-state index in [0.29, 0.717) is 0 Å². The topological polar surface area (TPSA) is 13.1 Å². The van der Waals surface area contributed by atoms with Crippen LogP contribution in [0.25, 0.3) is 0 Å². The van der Waals surface area contributed by atoms with Crippen LogP contribution in [0.1, 0.15) is 31.1 Å². The fourth-order valence-corrected chi connectivity index (χ4v) is 1.03. The Bertz CT molecular complexity index is 225. The van der Waals surface area contributed by atoms with Crippen molar-refractivity contribution in [3.05, 3.63) is 23.4 Å². The molecule has 0 aliphatic carbocycles. The second kappa shape index (κ2) is 2.45. The standard InChI is InChI=1S/C8H11FO/c1-5(2)8-6(3)4-7(9)10-8/h4-5H,1-3H3. The van der Waals surface area contributed by atoms with Crippen LogP contribution in [-0.4, -0.2) is 0 Å². The van der Waals surface area contributed by atoms with Crippen molar-refractivity contribution in [3.63, 3.8) is 0 Å². The van der Waals surface area contributed by atoms with Crippen molar-refractivity contribution in [2.45, 2.75) is 26.7 Å². The first-order valence-electron chi connectivity index (χ1n) is 3.37. The molecule has 0 unspecified atom stereocenters. The van der Waals surface area contributed by atoms with Gasteiger partial charge in [0, 0.05) is 12.0 Å². The molecular weight excluding hydrogens is 131 g/mol. The zero-order valence-electron chi connectivity index (χ0n) is 6.44. The van der Waals surface area contributed by atoms with Gasteiger partial charge >= 0.3 is 0 Å². The fourth-order valence-electron chi connectivity index (χ4n) is 1.03. The summed E-state index contributed by atoms with van der Waals surface area (Å²) in [5.41, 5.74) is 0.896. The summed E-state index contributed by atoms with van der Waals surface area (Å²) in [5.74, 6) is 1.02. The van der Waals surface area contributed by atoms with Gasteiger partial charge in [-0.1, -0.05) is 13.8 Å². The maximum atomic E-state index is 12.4. The molecule has 0 bridgehead atoms. The summed E-state index contributed by atoms with van der Waals surface area (Å²) in [6, 6.07) is 0.927. The summed E-state index contributed by atoms with van der Waals surface area (Å²) in [5, 5.41) is 0. The van der Waals surface area contributed by atoms with E-state index in [2.05, 4.69) is 0 Å². The highest BCUT2D eigenvalue weighted by Crippen LogP contribution is 2.21. The van der Waals surface area contributed by atoms with Crippen molar-refractivity contribution in [2.24, 2.45) is 0 Å². The number of aryl methyl sites for hydroxylation is 1. The summed E-state index contributed by atoms with van der Waals surface area (Å²) in [4.78, 5) is 0. The van der Waals surface area contributed by atoms with Gasteiger partial charge in [-0.25, -0.2) is 0 Å². The van der Waals surface area contributed by atoms with Crippen LogP contribution in [0.5, 0.6) is 0 Å². The highest BCUT2D eigenvalue weighted by atomic mass is 19.1. The van der Waals surface area contributed by atoms with Gasteiger partial charge in [0.25, 0.3) is 6.01 Å². The average molecular weight is 142 g/mol. The first-order chi connectivity index (χ1) is 4.61.